The molecule has 0 aliphatic carbocycles. The van der Waals surface area contributed by atoms with E-state index in [1.54, 1.807) is 12.1 Å². The molecule has 0 radical (unpaired) electrons. The summed E-state index contributed by atoms with van der Waals surface area (Å²) in [7, 11) is -3.82. The van der Waals surface area contributed by atoms with Crippen molar-refractivity contribution in [2.45, 2.75) is 27.7 Å². The van der Waals surface area contributed by atoms with Crippen LogP contribution in [0.4, 0.5) is 0 Å². The van der Waals surface area contributed by atoms with Crippen molar-refractivity contribution in [3.05, 3.63) is 88.9 Å². The Kier molecular flexibility index (Phi) is 5.33. The molecule has 0 bridgehead atoms. The van der Waals surface area contributed by atoms with Crippen molar-refractivity contribution in [3.8, 4) is 0 Å². The highest BCUT2D eigenvalue weighted by atomic mass is 35.5. The van der Waals surface area contributed by atoms with Crippen LogP contribution in [0.5, 0.6) is 0 Å². The molecule has 1 aliphatic heterocycles. The lowest BCUT2D eigenvalue weighted by molar-refractivity contribution is 0.314. The summed E-state index contributed by atoms with van der Waals surface area (Å²) in [5.41, 5.74) is 2.70. The van der Waals surface area contributed by atoms with Gasteiger partial charge < -0.3 is 0 Å². The van der Waals surface area contributed by atoms with Gasteiger partial charge in [0.2, 0.25) is 10.0 Å². The van der Waals surface area contributed by atoms with Gasteiger partial charge in [-0.2, -0.15) is 4.31 Å². The van der Waals surface area contributed by atoms with E-state index >= 15 is 0 Å². The molecule has 2 heterocycles. The van der Waals surface area contributed by atoms with Crippen molar-refractivity contribution >= 4 is 55.2 Å². The van der Waals surface area contributed by atoms with Crippen molar-refractivity contribution in [2.75, 3.05) is 6.54 Å². The molecule has 0 unspecified atom stereocenters. The number of hydrogen-bond acceptors (Lipinski definition) is 6. The van der Waals surface area contributed by atoms with Gasteiger partial charge in [-0.05, 0) is 69.0 Å². The maximum Gasteiger partial charge on any atom is 0.245 e. The van der Waals surface area contributed by atoms with Gasteiger partial charge in [-0.1, -0.05) is 65.8 Å². The standard InChI is InChI=1S/C25H18ClN3O3S2/c26-19-9-8-16-12-13-29(15-18(16)14-19)34(30,31)23-11-10-22(24-25(23)28-32-27-24)33-21-7-3-5-17-4-1-2-6-20(17)21/h1-11,14H,12-13,15H2. The molecule has 5 aromatic rings. The highest BCUT2D eigenvalue weighted by molar-refractivity contribution is 7.99. The zero-order chi connectivity index (χ0) is 23.3. The fourth-order valence-electron chi connectivity index (χ4n) is 4.36. The maximum absolute atomic E-state index is 13.6. The predicted molar refractivity (Wildman–Crippen MR) is 133 cm³/mol. The molecule has 0 atom stereocenters. The summed E-state index contributed by atoms with van der Waals surface area (Å²) in [5.74, 6) is 0. The van der Waals surface area contributed by atoms with E-state index in [2.05, 4.69) is 28.5 Å². The lowest BCUT2D eigenvalue weighted by Crippen LogP contribution is -2.36. The minimum absolute atomic E-state index is 0.0940. The Balaban J connectivity index is 1.38. The minimum atomic E-state index is -3.82. The average molecular weight is 508 g/mol. The molecule has 6 rings (SSSR count). The van der Waals surface area contributed by atoms with Crippen molar-refractivity contribution in [1.82, 2.24) is 14.6 Å². The van der Waals surface area contributed by atoms with Gasteiger partial charge in [0.1, 0.15) is 4.90 Å². The third kappa shape index (κ3) is 3.67. The van der Waals surface area contributed by atoms with Gasteiger partial charge >= 0.3 is 0 Å². The average Bonchev–Trinajstić information content (AvgIpc) is 3.34. The van der Waals surface area contributed by atoms with Gasteiger partial charge in [-0.15, -0.1) is 0 Å². The van der Waals surface area contributed by atoms with Crippen LogP contribution in [-0.4, -0.2) is 29.6 Å². The molecular formula is C25H18ClN3O3S2. The fourth-order valence-corrected chi connectivity index (χ4v) is 7.14. The molecule has 0 N–H and O–H groups in total. The summed E-state index contributed by atoms with van der Waals surface area (Å²) in [4.78, 5) is 1.92. The second kappa shape index (κ2) is 8.39. The number of hydrogen-bond donors (Lipinski definition) is 0. The number of nitrogens with zero attached hydrogens (tertiary/aromatic N) is 3. The molecule has 6 nitrogen and oxygen atoms in total. The van der Waals surface area contributed by atoms with Crippen molar-refractivity contribution in [2.24, 2.45) is 0 Å². The van der Waals surface area contributed by atoms with Crippen molar-refractivity contribution in [1.29, 1.82) is 0 Å². The first-order valence-electron chi connectivity index (χ1n) is 10.7. The normalized spacial score (nSPS) is 14.5. The third-order valence-electron chi connectivity index (χ3n) is 6.07. The fraction of sp³-hybridized carbons (Fsp3) is 0.120. The Morgan fingerprint density at radius 1 is 0.882 bits per heavy atom. The van der Waals surface area contributed by atoms with Crippen LogP contribution < -0.4 is 0 Å². The van der Waals surface area contributed by atoms with Crippen LogP contribution in [0.2, 0.25) is 5.02 Å². The predicted octanol–water partition coefficient (Wildman–Crippen LogP) is 5.93. The molecule has 0 amide bonds. The van der Waals surface area contributed by atoms with Gasteiger partial charge in [0.15, 0.2) is 11.0 Å². The molecule has 9 heteroatoms. The SMILES string of the molecule is O=S(=O)(c1ccc(Sc2cccc3ccccc23)c2nonc12)N1CCc2ccc(Cl)cc2C1. The van der Waals surface area contributed by atoms with Gasteiger partial charge in [0.05, 0.1) is 0 Å². The molecule has 0 saturated heterocycles. The van der Waals surface area contributed by atoms with E-state index < -0.39 is 10.0 Å². The quantitative estimate of drug-likeness (QED) is 0.300. The first kappa shape index (κ1) is 21.6. The Hall–Kier alpha value is -2.91. The summed E-state index contributed by atoms with van der Waals surface area (Å²) in [6.45, 7) is 0.647. The van der Waals surface area contributed by atoms with E-state index in [0.717, 1.165) is 31.7 Å². The topological polar surface area (TPSA) is 76.3 Å². The molecule has 1 aliphatic rings. The molecule has 4 aromatic carbocycles. The number of aromatic nitrogens is 2. The zero-order valence-electron chi connectivity index (χ0n) is 17.8. The molecular weight excluding hydrogens is 490 g/mol. The number of benzene rings is 4. The van der Waals surface area contributed by atoms with E-state index in [9.17, 15) is 8.42 Å². The zero-order valence-corrected chi connectivity index (χ0v) is 20.2. The minimum Gasteiger partial charge on any atom is -0.243 e. The van der Waals surface area contributed by atoms with Crippen LogP contribution >= 0.6 is 23.4 Å². The molecule has 170 valence electrons. The van der Waals surface area contributed by atoms with Crippen molar-refractivity contribution < 1.29 is 13.0 Å². The highest BCUT2D eigenvalue weighted by Crippen LogP contribution is 2.39. The number of rotatable bonds is 4. The van der Waals surface area contributed by atoms with Gasteiger partial charge in [0.25, 0.3) is 0 Å². The highest BCUT2D eigenvalue weighted by Gasteiger charge is 2.31. The van der Waals surface area contributed by atoms with Crippen LogP contribution in [0.3, 0.4) is 0 Å². The van der Waals surface area contributed by atoms with E-state index in [0.29, 0.717) is 23.5 Å². The van der Waals surface area contributed by atoms with E-state index in [-0.39, 0.29) is 17.0 Å². The Bertz CT molecular complexity index is 1660. The maximum atomic E-state index is 13.6. The first-order valence-corrected chi connectivity index (χ1v) is 13.3. The van der Waals surface area contributed by atoms with Crippen LogP contribution in [0.25, 0.3) is 21.8 Å². The molecule has 34 heavy (non-hydrogen) atoms. The summed E-state index contributed by atoms with van der Waals surface area (Å²) in [6, 6.07) is 23.2. The Morgan fingerprint density at radius 2 is 1.71 bits per heavy atom. The molecule has 0 spiro atoms. The van der Waals surface area contributed by atoms with E-state index in [4.69, 9.17) is 16.2 Å². The summed E-state index contributed by atoms with van der Waals surface area (Å²) >= 11 is 7.65. The van der Waals surface area contributed by atoms with E-state index in [1.807, 2.05) is 42.5 Å². The van der Waals surface area contributed by atoms with Crippen LogP contribution in [0.15, 0.2) is 92.1 Å². The van der Waals surface area contributed by atoms with Gasteiger partial charge in [-0.25, -0.2) is 13.0 Å². The number of halogens is 1. The van der Waals surface area contributed by atoms with Crippen LogP contribution in [0.1, 0.15) is 11.1 Å². The lowest BCUT2D eigenvalue weighted by atomic mass is 10.0. The second-order valence-electron chi connectivity index (χ2n) is 8.10. The summed E-state index contributed by atoms with van der Waals surface area (Å²) in [6.07, 6.45) is 0.626. The van der Waals surface area contributed by atoms with Gasteiger partial charge in [-0.3, -0.25) is 0 Å². The largest absolute Gasteiger partial charge is 0.245 e. The third-order valence-corrected chi connectivity index (χ3v) is 9.31. The lowest BCUT2D eigenvalue weighted by Gasteiger charge is -2.28. The van der Waals surface area contributed by atoms with Crippen LogP contribution in [0, 0.1) is 0 Å². The van der Waals surface area contributed by atoms with Crippen molar-refractivity contribution in [3.63, 3.8) is 0 Å². The molecule has 1 aromatic heterocycles. The van der Waals surface area contributed by atoms with Crippen LogP contribution in [-0.2, 0) is 23.0 Å². The second-order valence-corrected chi connectivity index (χ2v) is 11.5. The van der Waals surface area contributed by atoms with Gasteiger partial charge in [0, 0.05) is 27.9 Å². The summed E-state index contributed by atoms with van der Waals surface area (Å²) in [5, 5.41) is 10.9. The molecule has 0 saturated carbocycles. The molecule has 0 fully saturated rings. The summed E-state index contributed by atoms with van der Waals surface area (Å²) < 4.78 is 33.7. The van der Waals surface area contributed by atoms with E-state index in [1.165, 1.54) is 16.1 Å². The Labute approximate surface area is 205 Å². The Morgan fingerprint density at radius 3 is 2.62 bits per heavy atom. The first-order chi connectivity index (χ1) is 16.5. The number of sulfonamides is 1. The number of fused-ring (bicyclic) bond motifs is 3. The monoisotopic (exact) mass is 507 g/mol. The smallest absolute Gasteiger partial charge is 0.243 e.